The van der Waals surface area contributed by atoms with E-state index in [1.54, 1.807) is 18.1 Å². The summed E-state index contributed by atoms with van der Waals surface area (Å²) in [6.07, 6.45) is 6.19. The summed E-state index contributed by atoms with van der Waals surface area (Å²) in [6, 6.07) is 3.28. The summed E-state index contributed by atoms with van der Waals surface area (Å²) in [6.45, 7) is 4.20. The van der Waals surface area contributed by atoms with Crippen LogP contribution >= 0.6 is 0 Å². The average molecular weight is 328 g/mol. The van der Waals surface area contributed by atoms with Crippen LogP contribution in [0.15, 0.2) is 35.2 Å². The monoisotopic (exact) mass is 328 g/mol. The molecule has 0 aliphatic carbocycles. The third kappa shape index (κ3) is 3.37. The number of aromatic nitrogens is 4. The Bertz CT molecular complexity index is 807. The lowest BCUT2D eigenvalue weighted by atomic mass is 10.2. The summed E-state index contributed by atoms with van der Waals surface area (Å²) in [5, 5.41) is 6.82. The highest BCUT2D eigenvalue weighted by Gasteiger charge is 2.19. The van der Waals surface area contributed by atoms with Crippen LogP contribution in [0.2, 0.25) is 0 Å². The number of fused-ring (bicyclic) bond motifs is 1. The van der Waals surface area contributed by atoms with Crippen molar-refractivity contribution in [1.82, 2.24) is 29.7 Å². The second-order valence-electron chi connectivity index (χ2n) is 5.69. The predicted molar refractivity (Wildman–Crippen MR) is 87.3 cm³/mol. The molecule has 3 rings (SSSR count). The number of imidazole rings is 1. The molecule has 2 amide bonds. The molecule has 3 aromatic heterocycles. The van der Waals surface area contributed by atoms with Crippen LogP contribution in [-0.4, -0.2) is 37.5 Å². The zero-order chi connectivity index (χ0) is 17.1. The minimum absolute atomic E-state index is 0.182. The van der Waals surface area contributed by atoms with Crippen LogP contribution in [0, 0.1) is 6.92 Å². The van der Waals surface area contributed by atoms with Crippen LogP contribution in [0.5, 0.6) is 0 Å². The van der Waals surface area contributed by atoms with Gasteiger partial charge in [0.05, 0.1) is 24.0 Å². The molecule has 0 aliphatic rings. The molecule has 0 saturated heterocycles. The second kappa shape index (κ2) is 6.69. The van der Waals surface area contributed by atoms with Gasteiger partial charge in [-0.2, -0.15) is 0 Å². The van der Waals surface area contributed by atoms with Crippen LogP contribution in [0.4, 0.5) is 4.79 Å². The molecule has 0 fully saturated rings. The van der Waals surface area contributed by atoms with Crippen molar-refractivity contribution < 1.29 is 9.32 Å². The van der Waals surface area contributed by atoms with Crippen LogP contribution in [0.25, 0.3) is 5.78 Å². The molecule has 0 aromatic carbocycles. The van der Waals surface area contributed by atoms with Gasteiger partial charge in [0, 0.05) is 31.7 Å². The third-order valence-corrected chi connectivity index (χ3v) is 3.73. The first-order chi connectivity index (χ1) is 11.6. The van der Waals surface area contributed by atoms with Crippen LogP contribution in [0.3, 0.4) is 0 Å². The molecule has 0 saturated carbocycles. The van der Waals surface area contributed by atoms with E-state index in [1.807, 2.05) is 42.8 Å². The molecule has 1 atom stereocenters. The molecule has 0 bridgehead atoms. The van der Waals surface area contributed by atoms with Crippen LogP contribution < -0.4 is 5.32 Å². The maximum atomic E-state index is 12.4. The van der Waals surface area contributed by atoms with E-state index in [1.165, 1.54) is 0 Å². The van der Waals surface area contributed by atoms with Gasteiger partial charge in [-0.25, -0.2) is 14.8 Å². The van der Waals surface area contributed by atoms with Gasteiger partial charge in [-0.1, -0.05) is 12.1 Å². The summed E-state index contributed by atoms with van der Waals surface area (Å²) in [4.78, 5) is 22.6. The minimum Gasteiger partial charge on any atom is -0.359 e. The van der Waals surface area contributed by atoms with E-state index in [0.29, 0.717) is 18.1 Å². The molecule has 0 aliphatic heterocycles. The molecule has 0 radical (unpaired) electrons. The summed E-state index contributed by atoms with van der Waals surface area (Å²) in [5.74, 6) is 1.26. The molecule has 8 heteroatoms. The lowest BCUT2D eigenvalue weighted by Crippen LogP contribution is -2.38. The van der Waals surface area contributed by atoms with Gasteiger partial charge in [0.2, 0.25) is 5.78 Å². The van der Waals surface area contributed by atoms with Gasteiger partial charge < -0.3 is 14.7 Å². The number of carbonyl (C=O) groups excluding carboxylic acids is 1. The first kappa shape index (κ1) is 16.0. The van der Waals surface area contributed by atoms with Gasteiger partial charge in [0.15, 0.2) is 5.76 Å². The number of aryl methyl sites for hydroxylation is 1. The standard InChI is InChI=1S/C16H20N6O2/c1-4-13(14-10-22-7-5-6-17-15(22)18-14)19-16(23)21(3)9-12-8-11(2)20-24-12/h5-8,10,13H,4,9H2,1-3H3,(H,19,23)/t13-/m0/s1. The van der Waals surface area contributed by atoms with Crippen molar-refractivity contribution in [3.63, 3.8) is 0 Å². The van der Waals surface area contributed by atoms with Crippen molar-refractivity contribution in [2.75, 3.05) is 7.05 Å². The fourth-order valence-corrected chi connectivity index (χ4v) is 2.46. The summed E-state index contributed by atoms with van der Waals surface area (Å²) in [7, 11) is 1.71. The first-order valence-electron chi connectivity index (χ1n) is 7.80. The molecule has 126 valence electrons. The number of hydrogen-bond acceptors (Lipinski definition) is 5. The minimum atomic E-state index is -0.194. The largest absolute Gasteiger partial charge is 0.359 e. The van der Waals surface area contributed by atoms with Crippen molar-refractivity contribution in [1.29, 1.82) is 0 Å². The van der Waals surface area contributed by atoms with Crippen molar-refractivity contribution in [3.8, 4) is 0 Å². The van der Waals surface area contributed by atoms with Crippen molar-refractivity contribution in [2.45, 2.75) is 32.9 Å². The summed E-state index contributed by atoms with van der Waals surface area (Å²) >= 11 is 0. The van der Waals surface area contributed by atoms with E-state index in [2.05, 4.69) is 20.4 Å². The van der Waals surface area contributed by atoms with E-state index in [4.69, 9.17) is 4.52 Å². The fraction of sp³-hybridized carbons (Fsp3) is 0.375. The Kier molecular flexibility index (Phi) is 4.45. The molecule has 24 heavy (non-hydrogen) atoms. The second-order valence-corrected chi connectivity index (χ2v) is 5.69. The third-order valence-electron chi connectivity index (χ3n) is 3.73. The summed E-state index contributed by atoms with van der Waals surface area (Å²) < 4.78 is 6.98. The van der Waals surface area contributed by atoms with Gasteiger partial charge in [0.25, 0.3) is 0 Å². The molecular weight excluding hydrogens is 308 g/mol. The Hall–Kier alpha value is -2.90. The van der Waals surface area contributed by atoms with Crippen LogP contribution in [0.1, 0.15) is 36.5 Å². The Morgan fingerprint density at radius 2 is 2.33 bits per heavy atom. The number of urea groups is 1. The van der Waals surface area contributed by atoms with Gasteiger partial charge in [-0.15, -0.1) is 0 Å². The number of hydrogen-bond donors (Lipinski definition) is 1. The van der Waals surface area contributed by atoms with Crippen molar-refractivity contribution in [3.05, 3.63) is 47.9 Å². The number of nitrogens with zero attached hydrogens (tertiary/aromatic N) is 5. The average Bonchev–Trinajstić information content (AvgIpc) is 3.18. The molecular formula is C16H20N6O2. The first-order valence-corrected chi connectivity index (χ1v) is 7.80. The normalized spacial score (nSPS) is 12.3. The van der Waals surface area contributed by atoms with E-state index >= 15 is 0 Å². The Labute approximate surface area is 139 Å². The number of rotatable bonds is 5. The highest BCUT2D eigenvalue weighted by molar-refractivity contribution is 5.74. The smallest absolute Gasteiger partial charge is 0.318 e. The van der Waals surface area contributed by atoms with Crippen molar-refractivity contribution >= 4 is 11.8 Å². The number of carbonyl (C=O) groups is 1. The van der Waals surface area contributed by atoms with E-state index in [-0.39, 0.29) is 12.1 Å². The Morgan fingerprint density at radius 3 is 3.00 bits per heavy atom. The lowest BCUT2D eigenvalue weighted by molar-refractivity contribution is 0.196. The van der Waals surface area contributed by atoms with Gasteiger partial charge in [0.1, 0.15) is 0 Å². The molecule has 1 N–H and O–H groups in total. The SMILES string of the molecule is CC[C@H](NC(=O)N(C)Cc1cc(C)no1)c1cn2cccnc2n1. The molecule has 8 nitrogen and oxygen atoms in total. The van der Waals surface area contributed by atoms with E-state index < -0.39 is 0 Å². The quantitative estimate of drug-likeness (QED) is 0.776. The number of nitrogens with one attached hydrogen (secondary N) is 1. The zero-order valence-electron chi connectivity index (χ0n) is 13.9. The Balaban J connectivity index is 1.68. The van der Waals surface area contributed by atoms with Gasteiger partial charge in [-0.05, 0) is 19.4 Å². The van der Waals surface area contributed by atoms with Crippen LogP contribution in [-0.2, 0) is 6.54 Å². The maximum absolute atomic E-state index is 12.4. The molecule has 0 spiro atoms. The Morgan fingerprint density at radius 1 is 1.50 bits per heavy atom. The van der Waals surface area contributed by atoms with Gasteiger partial charge >= 0.3 is 6.03 Å². The summed E-state index contributed by atoms with van der Waals surface area (Å²) in [5.41, 5.74) is 1.58. The zero-order valence-corrected chi connectivity index (χ0v) is 13.9. The fourth-order valence-electron chi connectivity index (χ4n) is 2.46. The van der Waals surface area contributed by atoms with Gasteiger partial charge in [-0.3, -0.25) is 4.40 Å². The topological polar surface area (TPSA) is 88.6 Å². The maximum Gasteiger partial charge on any atom is 0.318 e. The van der Waals surface area contributed by atoms with Crippen molar-refractivity contribution in [2.24, 2.45) is 0 Å². The molecule has 3 heterocycles. The number of amides is 2. The van der Waals surface area contributed by atoms with E-state index in [9.17, 15) is 4.79 Å². The molecule has 3 aromatic rings. The lowest BCUT2D eigenvalue weighted by Gasteiger charge is -2.21. The highest BCUT2D eigenvalue weighted by Crippen LogP contribution is 2.16. The highest BCUT2D eigenvalue weighted by atomic mass is 16.5. The molecule has 0 unspecified atom stereocenters. The predicted octanol–water partition coefficient (Wildman–Crippen LogP) is 2.32. The van der Waals surface area contributed by atoms with E-state index in [0.717, 1.165) is 17.8 Å².